The molecule has 0 aliphatic carbocycles. The molecule has 2 aliphatic rings. The summed E-state index contributed by atoms with van der Waals surface area (Å²) in [5.74, 6) is 0.188. The number of hydrogen-bond donors (Lipinski definition) is 0. The highest BCUT2D eigenvalue weighted by Crippen LogP contribution is 2.40. The van der Waals surface area contributed by atoms with Crippen LogP contribution in [0.4, 0.5) is 11.4 Å². The zero-order valence-electron chi connectivity index (χ0n) is 15.2. The van der Waals surface area contributed by atoms with Crippen LogP contribution in [0.25, 0.3) is 0 Å². The lowest BCUT2D eigenvalue weighted by Crippen LogP contribution is -2.35. The first-order valence-corrected chi connectivity index (χ1v) is 10.1. The normalized spacial score (nSPS) is 16.8. The summed E-state index contributed by atoms with van der Waals surface area (Å²) in [5, 5.41) is 16.0. The fraction of sp³-hybridized carbons (Fsp3) is 0.238. The Labute approximate surface area is 168 Å². The van der Waals surface area contributed by atoms with Gasteiger partial charge in [-0.25, -0.2) is 10.0 Å². The minimum atomic E-state index is -0.0484. The lowest BCUT2D eigenvalue weighted by molar-refractivity contribution is -0.116. The minimum Gasteiger partial charge on any atom is -0.311 e. The number of rotatable bonds is 5. The third-order valence-electron chi connectivity index (χ3n) is 4.68. The molecule has 0 saturated heterocycles. The van der Waals surface area contributed by atoms with Gasteiger partial charge >= 0.3 is 0 Å². The highest BCUT2D eigenvalue weighted by Gasteiger charge is 2.33. The van der Waals surface area contributed by atoms with Crippen molar-refractivity contribution in [1.29, 1.82) is 5.26 Å². The van der Waals surface area contributed by atoms with E-state index in [0.29, 0.717) is 6.54 Å². The van der Waals surface area contributed by atoms with Gasteiger partial charge in [0, 0.05) is 30.4 Å². The Balaban J connectivity index is 1.51. The van der Waals surface area contributed by atoms with Gasteiger partial charge in [0.15, 0.2) is 5.17 Å². The Morgan fingerprint density at radius 3 is 2.82 bits per heavy atom. The van der Waals surface area contributed by atoms with Crippen LogP contribution >= 0.6 is 11.8 Å². The molecule has 0 fully saturated rings. The molecule has 6 nitrogen and oxygen atoms in total. The number of carbonyl (C=O) groups excluding carboxylic acids is 1. The van der Waals surface area contributed by atoms with E-state index in [0.717, 1.165) is 28.5 Å². The predicted octanol–water partition coefficient (Wildman–Crippen LogP) is 4.10. The molecule has 2 heterocycles. The van der Waals surface area contributed by atoms with Crippen molar-refractivity contribution in [2.45, 2.75) is 18.9 Å². The average Bonchev–Trinajstić information content (AvgIpc) is 3.23. The van der Waals surface area contributed by atoms with Crippen molar-refractivity contribution in [1.82, 2.24) is 5.01 Å². The van der Waals surface area contributed by atoms with Crippen LogP contribution in [-0.4, -0.2) is 34.6 Å². The van der Waals surface area contributed by atoms with Crippen molar-refractivity contribution in [3.63, 3.8) is 0 Å². The summed E-state index contributed by atoms with van der Waals surface area (Å²) in [6.07, 6.45) is 3.02. The first kappa shape index (κ1) is 18.3. The predicted molar refractivity (Wildman–Crippen MR) is 113 cm³/mol. The number of nitriles is 1. The van der Waals surface area contributed by atoms with Crippen LogP contribution in [0.1, 0.15) is 24.4 Å². The van der Waals surface area contributed by atoms with Gasteiger partial charge in [-0.05, 0) is 18.2 Å². The molecule has 1 amide bonds. The molecular weight excluding hydrogens is 370 g/mol. The van der Waals surface area contributed by atoms with E-state index in [1.807, 2.05) is 59.8 Å². The number of para-hydroxylation sites is 2. The fourth-order valence-corrected chi connectivity index (χ4v) is 4.23. The van der Waals surface area contributed by atoms with E-state index >= 15 is 0 Å². The summed E-state index contributed by atoms with van der Waals surface area (Å²) in [7, 11) is 0. The molecule has 0 radical (unpaired) electrons. The Hall–Kier alpha value is -3.11. The number of amidine groups is 1. The topological polar surface area (TPSA) is 72.1 Å². The second-order valence-corrected chi connectivity index (χ2v) is 7.37. The molecule has 0 spiro atoms. The molecule has 2 aromatic rings. The maximum atomic E-state index is 12.9. The van der Waals surface area contributed by atoms with Gasteiger partial charge in [-0.2, -0.15) is 10.4 Å². The molecule has 0 saturated carbocycles. The Kier molecular flexibility index (Phi) is 5.40. The van der Waals surface area contributed by atoms with Crippen LogP contribution in [0.5, 0.6) is 0 Å². The summed E-state index contributed by atoms with van der Waals surface area (Å²) in [6, 6.07) is 19.8. The number of carbonyl (C=O) groups is 1. The van der Waals surface area contributed by atoms with Crippen LogP contribution in [0.2, 0.25) is 0 Å². The molecule has 4 rings (SSSR count). The molecule has 0 bridgehead atoms. The number of fused-ring (bicyclic) bond motifs is 3. The SMILES string of the molecule is N#CCCN(C(=O)CSC1=Nc2ccccc2C2CC=NN12)c1ccccc1. The maximum absolute atomic E-state index is 12.9. The van der Waals surface area contributed by atoms with Gasteiger partial charge in [0.25, 0.3) is 0 Å². The summed E-state index contributed by atoms with van der Waals surface area (Å²) in [4.78, 5) is 19.3. The Bertz CT molecular complexity index is 966. The van der Waals surface area contributed by atoms with Gasteiger partial charge in [-0.15, -0.1) is 0 Å². The summed E-state index contributed by atoms with van der Waals surface area (Å²) in [6.45, 7) is 0.375. The lowest BCUT2D eigenvalue weighted by atomic mass is 10.0. The molecule has 2 aliphatic heterocycles. The summed E-state index contributed by atoms with van der Waals surface area (Å²) >= 11 is 1.39. The fourth-order valence-electron chi connectivity index (χ4n) is 3.35. The van der Waals surface area contributed by atoms with Gasteiger partial charge in [-0.1, -0.05) is 48.2 Å². The zero-order chi connectivity index (χ0) is 19.3. The van der Waals surface area contributed by atoms with Crippen molar-refractivity contribution < 1.29 is 4.79 Å². The van der Waals surface area contributed by atoms with Crippen LogP contribution in [-0.2, 0) is 4.79 Å². The highest BCUT2D eigenvalue weighted by atomic mass is 32.2. The van der Waals surface area contributed by atoms with Gasteiger partial charge in [0.1, 0.15) is 0 Å². The van der Waals surface area contributed by atoms with Crippen molar-refractivity contribution in [3.05, 3.63) is 60.2 Å². The third kappa shape index (κ3) is 3.64. The zero-order valence-corrected chi connectivity index (χ0v) is 16.0. The smallest absolute Gasteiger partial charge is 0.237 e. The van der Waals surface area contributed by atoms with E-state index in [2.05, 4.69) is 17.2 Å². The number of hydrazone groups is 1. The van der Waals surface area contributed by atoms with E-state index in [1.54, 1.807) is 4.90 Å². The van der Waals surface area contributed by atoms with E-state index in [-0.39, 0.29) is 24.1 Å². The van der Waals surface area contributed by atoms with Crippen LogP contribution in [0.3, 0.4) is 0 Å². The van der Waals surface area contributed by atoms with Crippen molar-refractivity contribution >= 4 is 40.4 Å². The first-order chi connectivity index (χ1) is 13.8. The quantitative estimate of drug-likeness (QED) is 0.772. The van der Waals surface area contributed by atoms with Crippen LogP contribution in [0, 0.1) is 11.3 Å². The molecule has 0 N–H and O–H groups in total. The van der Waals surface area contributed by atoms with E-state index in [4.69, 9.17) is 10.3 Å². The van der Waals surface area contributed by atoms with Gasteiger partial charge < -0.3 is 4.90 Å². The molecule has 2 aromatic carbocycles. The van der Waals surface area contributed by atoms with Crippen molar-refractivity contribution in [2.24, 2.45) is 10.1 Å². The number of anilines is 1. The second-order valence-electron chi connectivity index (χ2n) is 6.43. The summed E-state index contributed by atoms with van der Waals surface area (Å²) in [5.41, 5.74) is 2.90. The lowest BCUT2D eigenvalue weighted by Gasteiger charge is -2.30. The average molecular weight is 389 g/mol. The highest BCUT2D eigenvalue weighted by molar-refractivity contribution is 8.14. The molecule has 7 heteroatoms. The third-order valence-corrected chi connectivity index (χ3v) is 5.61. The minimum absolute atomic E-state index is 0.0484. The van der Waals surface area contributed by atoms with E-state index in [1.165, 1.54) is 11.8 Å². The van der Waals surface area contributed by atoms with Crippen molar-refractivity contribution in [3.8, 4) is 6.07 Å². The largest absolute Gasteiger partial charge is 0.311 e. The van der Waals surface area contributed by atoms with Crippen LogP contribution < -0.4 is 4.90 Å². The standard InChI is InChI=1S/C21H19N5OS/c22-12-6-14-25(16-7-2-1-3-8-16)20(27)15-28-21-24-18-10-5-4-9-17(18)19-11-13-23-26(19)21/h1-5,7-10,13,19H,6,11,14-15H2. The first-order valence-electron chi connectivity index (χ1n) is 9.12. The number of thioether (sulfide) groups is 1. The van der Waals surface area contributed by atoms with Gasteiger partial charge in [-0.3, -0.25) is 4.79 Å². The van der Waals surface area contributed by atoms with Crippen molar-refractivity contribution in [2.75, 3.05) is 17.2 Å². The monoisotopic (exact) mass is 389 g/mol. The number of amides is 1. The number of hydrogen-bond acceptors (Lipinski definition) is 6. The molecule has 1 atom stereocenters. The Morgan fingerprint density at radius 2 is 2.00 bits per heavy atom. The molecule has 28 heavy (non-hydrogen) atoms. The summed E-state index contributed by atoms with van der Waals surface area (Å²) < 4.78 is 0. The van der Waals surface area contributed by atoms with Crippen LogP contribution in [0.15, 0.2) is 64.7 Å². The number of aliphatic imine (C=N–C) groups is 1. The maximum Gasteiger partial charge on any atom is 0.237 e. The van der Waals surface area contributed by atoms with Gasteiger partial charge in [0.05, 0.1) is 30.0 Å². The second kappa shape index (κ2) is 8.28. The molecular formula is C21H19N5OS. The van der Waals surface area contributed by atoms with E-state index < -0.39 is 0 Å². The molecule has 0 aromatic heterocycles. The molecule has 140 valence electrons. The molecule has 1 unspecified atom stereocenters. The van der Waals surface area contributed by atoms with E-state index in [9.17, 15) is 4.79 Å². The number of nitrogens with zero attached hydrogens (tertiary/aromatic N) is 5. The van der Waals surface area contributed by atoms with Gasteiger partial charge in [0.2, 0.25) is 5.91 Å². The Morgan fingerprint density at radius 1 is 1.21 bits per heavy atom. The number of benzene rings is 2.